The van der Waals surface area contributed by atoms with E-state index >= 15 is 0 Å². The van der Waals surface area contributed by atoms with Crippen LogP contribution < -0.4 is 16.0 Å². The molecule has 0 fully saturated rings. The molecule has 10 heteroatoms. The molecular weight excluding hydrogens is 631 g/mol. The molecule has 5 rings (SSSR count). The van der Waals surface area contributed by atoms with Gasteiger partial charge in [-0.15, -0.1) is 23.1 Å². The van der Waals surface area contributed by atoms with Crippen LogP contribution in [0.2, 0.25) is 0 Å². The lowest BCUT2D eigenvalue weighted by Gasteiger charge is -2.12. The van der Waals surface area contributed by atoms with E-state index in [1.807, 2.05) is 79.0 Å². The number of thioether (sulfide) groups is 1. The quantitative estimate of drug-likeness (QED) is 0.0762. The zero-order valence-corrected chi connectivity index (χ0v) is 27.2. The number of methoxy groups -OCH3 is 1. The zero-order chi connectivity index (χ0) is 33.2. The molecule has 0 aliphatic rings. The molecule has 4 aromatic carbocycles. The molecule has 0 saturated heterocycles. The van der Waals surface area contributed by atoms with Gasteiger partial charge < -0.3 is 20.7 Å². The van der Waals surface area contributed by atoms with Crippen LogP contribution in [-0.2, 0) is 14.3 Å². The van der Waals surface area contributed by atoms with Crippen molar-refractivity contribution in [3.05, 3.63) is 143 Å². The maximum atomic E-state index is 13.4. The van der Waals surface area contributed by atoms with Crippen LogP contribution in [0.25, 0.3) is 17.2 Å². The van der Waals surface area contributed by atoms with Gasteiger partial charge in [0.2, 0.25) is 5.91 Å². The van der Waals surface area contributed by atoms with Gasteiger partial charge in [-0.1, -0.05) is 84.4 Å². The Labute approximate surface area is 280 Å². The molecule has 8 nitrogen and oxygen atoms in total. The van der Waals surface area contributed by atoms with Gasteiger partial charge in [-0.05, 0) is 54.5 Å². The van der Waals surface area contributed by atoms with Crippen LogP contribution in [0.5, 0.6) is 0 Å². The van der Waals surface area contributed by atoms with Gasteiger partial charge in [0.15, 0.2) is 0 Å². The first-order valence-corrected chi connectivity index (χ1v) is 16.4. The van der Waals surface area contributed by atoms with Gasteiger partial charge in [0.25, 0.3) is 11.8 Å². The van der Waals surface area contributed by atoms with Gasteiger partial charge in [0.05, 0.1) is 12.9 Å². The van der Waals surface area contributed by atoms with E-state index in [-0.39, 0.29) is 17.4 Å². The molecule has 1 heterocycles. The van der Waals surface area contributed by atoms with Crippen LogP contribution in [0.3, 0.4) is 0 Å². The molecule has 0 unspecified atom stereocenters. The number of rotatable bonds is 11. The summed E-state index contributed by atoms with van der Waals surface area (Å²) in [5.41, 5.74) is 4.67. The summed E-state index contributed by atoms with van der Waals surface area (Å²) in [7, 11) is 1.31. The van der Waals surface area contributed by atoms with E-state index in [4.69, 9.17) is 4.74 Å². The van der Waals surface area contributed by atoms with Crippen molar-refractivity contribution in [1.82, 2.24) is 5.32 Å². The molecule has 0 bridgehead atoms. The van der Waals surface area contributed by atoms with Crippen LogP contribution in [0.15, 0.2) is 125 Å². The Morgan fingerprint density at radius 2 is 1.53 bits per heavy atom. The van der Waals surface area contributed by atoms with E-state index < -0.39 is 17.8 Å². The molecule has 0 radical (unpaired) electrons. The lowest BCUT2D eigenvalue weighted by molar-refractivity contribution is -0.114. The number of amides is 3. The fraction of sp³-hybridized carbons (Fsp3) is 0.0811. The minimum absolute atomic E-state index is 0.0576. The molecule has 3 amide bonds. The first-order chi connectivity index (χ1) is 22.8. The van der Waals surface area contributed by atoms with Crippen LogP contribution >= 0.6 is 23.1 Å². The molecule has 236 valence electrons. The van der Waals surface area contributed by atoms with E-state index in [9.17, 15) is 19.2 Å². The molecule has 0 aliphatic heterocycles. The fourth-order valence-corrected chi connectivity index (χ4v) is 6.26. The molecule has 0 atom stereocenters. The second-order valence-corrected chi connectivity index (χ2v) is 12.2. The minimum Gasteiger partial charge on any atom is -0.465 e. The van der Waals surface area contributed by atoms with Crippen molar-refractivity contribution >= 4 is 63.6 Å². The van der Waals surface area contributed by atoms with Gasteiger partial charge in [-0.2, -0.15) is 0 Å². The fourth-order valence-electron chi connectivity index (χ4n) is 4.53. The number of hydrogen-bond acceptors (Lipinski definition) is 7. The molecule has 1 aromatic heterocycles. The highest BCUT2D eigenvalue weighted by Crippen LogP contribution is 2.36. The van der Waals surface area contributed by atoms with Crippen LogP contribution in [0, 0.1) is 6.92 Å². The highest BCUT2D eigenvalue weighted by molar-refractivity contribution is 8.00. The Bertz CT molecular complexity index is 1920. The van der Waals surface area contributed by atoms with E-state index in [0.717, 1.165) is 21.6 Å². The summed E-state index contributed by atoms with van der Waals surface area (Å²) in [6.07, 6.45) is 1.61. The highest BCUT2D eigenvalue weighted by atomic mass is 32.2. The van der Waals surface area contributed by atoms with Gasteiger partial charge in [0.1, 0.15) is 16.3 Å². The van der Waals surface area contributed by atoms with E-state index in [1.54, 1.807) is 48.5 Å². The highest BCUT2D eigenvalue weighted by Gasteiger charge is 2.22. The normalized spacial score (nSPS) is 11.0. The minimum atomic E-state index is -0.533. The number of hydrogen-bond donors (Lipinski definition) is 3. The third kappa shape index (κ3) is 8.84. The smallest absolute Gasteiger partial charge is 0.341 e. The van der Waals surface area contributed by atoms with E-state index in [2.05, 4.69) is 16.0 Å². The molecule has 3 N–H and O–H groups in total. The predicted octanol–water partition coefficient (Wildman–Crippen LogP) is 7.65. The summed E-state index contributed by atoms with van der Waals surface area (Å²) >= 11 is 2.53. The number of carbonyl (C=O) groups is 4. The Kier molecular flexibility index (Phi) is 11.0. The molecule has 47 heavy (non-hydrogen) atoms. The summed E-state index contributed by atoms with van der Waals surface area (Å²) in [6.45, 7) is 1.98. The van der Waals surface area contributed by atoms with Crippen molar-refractivity contribution in [1.29, 1.82) is 0 Å². The first kappa shape index (κ1) is 32.9. The monoisotopic (exact) mass is 661 g/mol. The number of carbonyl (C=O) groups excluding carboxylic acids is 4. The molecule has 0 spiro atoms. The van der Waals surface area contributed by atoms with Gasteiger partial charge in [0, 0.05) is 27.1 Å². The van der Waals surface area contributed by atoms with Crippen molar-refractivity contribution in [3.8, 4) is 11.1 Å². The molecular formula is C37H31N3O5S2. The van der Waals surface area contributed by atoms with Gasteiger partial charge >= 0.3 is 5.97 Å². The summed E-state index contributed by atoms with van der Waals surface area (Å²) in [5, 5.41) is 10.7. The van der Waals surface area contributed by atoms with Gasteiger partial charge in [-0.3, -0.25) is 14.4 Å². The number of benzene rings is 4. The summed E-state index contributed by atoms with van der Waals surface area (Å²) < 4.78 is 5.02. The zero-order valence-electron chi connectivity index (χ0n) is 25.6. The summed E-state index contributed by atoms with van der Waals surface area (Å²) in [6, 6.07) is 32.7. The second-order valence-electron chi connectivity index (χ2n) is 10.3. The molecule has 0 saturated carbocycles. The number of anilines is 2. The van der Waals surface area contributed by atoms with Crippen molar-refractivity contribution in [3.63, 3.8) is 0 Å². The van der Waals surface area contributed by atoms with Crippen molar-refractivity contribution < 1.29 is 23.9 Å². The Balaban J connectivity index is 1.26. The van der Waals surface area contributed by atoms with Crippen LogP contribution in [0.1, 0.15) is 31.8 Å². The average Bonchev–Trinajstić information content (AvgIpc) is 3.51. The predicted molar refractivity (Wildman–Crippen MR) is 189 cm³/mol. The van der Waals surface area contributed by atoms with Crippen LogP contribution in [0.4, 0.5) is 10.7 Å². The Morgan fingerprint density at radius 1 is 0.830 bits per heavy atom. The van der Waals surface area contributed by atoms with E-state index in [0.29, 0.717) is 27.4 Å². The standard InChI is InChI=1S/C37H31N3O5S2/c1-24-16-18-26(19-17-24)30-22-47-36(33(30)37(44)45-2)40-32(41)23-46-29-15-9-14-28(21-29)38-35(43)31(20-25-10-5-3-6-11-25)39-34(42)27-12-7-4-8-13-27/h3-22H,23H2,1-2H3,(H,38,43)(H,39,42)(H,40,41)/b31-20-. The lowest BCUT2D eigenvalue weighted by atomic mass is 10.0. The Hall–Kier alpha value is -5.45. The summed E-state index contributed by atoms with van der Waals surface area (Å²) in [4.78, 5) is 52.7. The second kappa shape index (κ2) is 15.7. The van der Waals surface area contributed by atoms with Gasteiger partial charge in [-0.25, -0.2) is 4.79 Å². The number of thiophene rings is 1. The molecule has 5 aromatic rings. The first-order valence-electron chi connectivity index (χ1n) is 14.5. The Morgan fingerprint density at radius 3 is 2.23 bits per heavy atom. The lowest BCUT2D eigenvalue weighted by Crippen LogP contribution is -2.30. The van der Waals surface area contributed by atoms with Crippen LogP contribution in [-0.4, -0.2) is 36.6 Å². The third-order valence-corrected chi connectivity index (χ3v) is 8.79. The topological polar surface area (TPSA) is 114 Å². The number of aryl methyl sites for hydroxylation is 1. The van der Waals surface area contributed by atoms with Crippen molar-refractivity contribution in [2.75, 3.05) is 23.5 Å². The number of esters is 1. The summed E-state index contributed by atoms with van der Waals surface area (Å²) in [5.74, 6) is -1.69. The van der Waals surface area contributed by atoms with E-state index in [1.165, 1.54) is 30.2 Å². The maximum Gasteiger partial charge on any atom is 0.341 e. The average molecular weight is 662 g/mol. The number of nitrogens with one attached hydrogen (secondary N) is 3. The number of ether oxygens (including phenoxy) is 1. The van der Waals surface area contributed by atoms with Crippen molar-refractivity contribution in [2.45, 2.75) is 11.8 Å². The third-order valence-electron chi connectivity index (χ3n) is 6.90. The largest absolute Gasteiger partial charge is 0.465 e. The SMILES string of the molecule is COC(=O)c1c(-c2ccc(C)cc2)csc1NC(=O)CSc1cccc(NC(=O)/C(=C/c2ccccc2)NC(=O)c2ccccc2)c1. The maximum absolute atomic E-state index is 13.4. The van der Waals surface area contributed by atoms with Crippen molar-refractivity contribution in [2.24, 2.45) is 0 Å². The molecule has 0 aliphatic carbocycles.